The molecule has 0 saturated carbocycles. The minimum atomic E-state index is 0.0517. The van der Waals surface area contributed by atoms with Crippen molar-refractivity contribution in [2.45, 2.75) is 19.9 Å². The summed E-state index contributed by atoms with van der Waals surface area (Å²) in [7, 11) is 0. The lowest BCUT2D eigenvalue weighted by Gasteiger charge is -2.29. The fraction of sp³-hybridized carbons (Fsp3) is 0.286. The fourth-order valence-electron chi connectivity index (χ4n) is 3.14. The average Bonchev–Trinajstić information content (AvgIpc) is 2.67. The molecule has 1 aliphatic rings. The molecular formula is C21H24N2O. The van der Waals surface area contributed by atoms with Gasteiger partial charge in [0.25, 0.3) is 0 Å². The van der Waals surface area contributed by atoms with Gasteiger partial charge in [0.15, 0.2) is 0 Å². The van der Waals surface area contributed by atoms with E-state index in [1.165, 1.54) is 5.57 Å². The smallest absolute Gasteiger partial charge is 0.249 e. The third kappa shape index (κ3) is 3.92. The first kappa shape index (κ1) is 16.5. The number of hydrogen-bond donors (Lipinski definition) is 1. The molecule has 1 N–H and O–H groups in total. The normalized spacial score (nSPS) is 15.4. The van der Waals surface area contributed by atoms with Gasteiger partial charge in [0.05, 0.1) is 0 Å². The highest BCUT2D eigenvalue weighted by atomic mass is 16.1. The number of nitrogens with one attached hydrogen (secondary N) is 1. The van der Waals surface area contributed by atoms with E-state index < -0.39 is 0 Å². The molecule has 0 spiro atoms. The van der Waals surface area contributed by atoms with Gasteiger partial charge >= 0.3 is 0 Å². The van der Waals surface area contributed by atoms with Crippen molar-refractivity contribution in [1.29, 1.82) is 0 Å². The minimum Gasteiger partial charge on any atom is -0.348 e. The number of amides is 1. The number of benzene rings is 2. The van der Waals surface area contributed by atoms with Crippen LogP contribution in [0.4, 0.5) is 0 Å². The fourth-order valence-corrected chi connectivity index (χ4v) is 3.14. The molecule has 124 valence electrons. The SMILES string of the molecule is CCN1CCC(c2ccccc2)=C(C(=O)NCc2ccccc2)C1. The monoisotopic (exact) mass is 320 g/mol. The van der Waals surface area contributed by atoms with E-state index in [1.807, 2.05) is 48.5 Å². The lowest BCUT2D eigenvalue weighted by atomic mass is 9.93. The molecule has 1 amide bonds. The molecule has 0 saturated heterocycles. The Bertz CT molecular complexity index is 707. The van der Waals surface area contributed by atoms with Crippen molar-refractivity contribution in [3.63, 3.8) is 0 Å². The lowest BCUT2D eigenvalue weighted by Crippen LogP contribution is -2.37. The zero-order valence-electron chi connectivity index (χ0n) is 14.2. The second kappa shape index (κ2) is 7.93. The van der Waals surface area contributed by atoms with Crippen molar-refractivity contribution in [3.8, 4) is 0 Å². The van der Waals surface area contributed by atoms with Gasteiger partial charge in [-0.3, -0.25) is 9.69 Å². The lowest BCUT2D eigenvalue weighted by molar-refractivity contribution is -0.117. The van der Waals surface area contributed by atoms with Gasteiger partial charge in [-0.1, -0.05) is 67.6 Å². The highest BCUT2D eigenvalue weighted by Gasteiger charge is 2.23. The maximum absolute atomic E-state index is 12.8. The van der Waals surface area contributed by atoms with Crippen molar-refractivity contribution in [2.75, 3.05) is 19.6 Å². The van der Waals surface area contributed by atoms with Gasteiger partial charge < -0.3 is 5.32 Å². The van der Waals surface area contributed by atoms with Crippen molar-refractivity contribution >= 4 is 11.5 Å². The summed E-state index contributed by atoms with van der Waals surface area (Å²) < 4.78 is 0. The summed E-state index contributed by atoms with van der Waals surface area (Å²) in [5, 5.41) is 3.09. The van der Waals surface area contributed by atoms with Crippen LogP contribution in [0.5, 0.6) is 0 Å². The van der Waals surface area contributed by atoms with Crippen LogP contribution < -0.4 is 5.32 Å². The Kier molecular flexibility index (Phi) is 5.44. The van der Waals surface area contributed by atoms with Crippen LogP contribution >= 0.6 is 0 Å². The van der Waals surface area contributed by atoms with Crippen molar-refractivity contribution in [3.05, 3.63) is 77.4 Å². The van der Waals surface area contributed by atoms with Crippen molar-refractivity contribution < 1.29 is 4.79 Å². The van der Waals surface area contributed by atoms with Crippen LogP contribution in [0.3, 0.4) is 0 Å². The van der Waals surface area contributed by atoms with Crippen LogP contribution in [0, 0.1) is 0 Å². The molecule has 1 heterocycles. The van der Waals surface area contributed by atoms with E-state index in [-0.39, 0.29) is 5.91 Å². The van der Waals surface area contributed by atoms with E-state index in [2.05, 4.69) is 29.3 Å². The van der Waals surface area contributed by atoms with Gasteiger partial charge in [-0.25, -0.2) is 0 Å². The average molecular weight is 320 g/mol. The molecule has 0 fully saturated rings. The zero-order chi connectivity index (χ0) is 16.8. The van der Waals surface area contributed by atoms with E-state index in [1.54, 1.807) is 0 Å². The van der Waals surface area contributed by atoms with Crippen LogP contribution in [0.25, 0.3) is 5.57 Å². The van der Waals surface area contributed by atoms with Gasteiger partial charge in [-0.2, -0.15) is 0 Å². The van der Waals surface area contributed by atoms with Crippen molar-refractivity contribution in [1.82, 2.24) is 10.2 Å². The van der Waals surface area contributed by atoms with Gasteiger partial charge in [-0.15, -0.1) is 0 Å². The number of likely N-dealkylation sites (N-methyl/N-ethyl adjacent to an activating group) is 1. The summed E-state index contributed by atoms with van der Waals surface area (Å²) >= 11 is 0. The molecule has 0 radical (unpaired) electrons. The van der Waals surface area contributed by atoms with Crippen molar-refractivity contribution in [2.24, 2.45) is 0 Å². The molecule has 0 unspecified atom stereocenters. The first-order valence-corrected chi connectivity index (χ1v) is 8.60. The Morgan fingerprint density at radius 3 is 2.38 bits per heavy atom. The summed E-state index contributed by atoms with van der Waals surface area (Å²) in [5.74, 6) is 0.0517. The third-order valence-corrected chi connectivity index (χ3v) is 4.56. The highest BCUT2D eigenvalue weighted by molar-refractivity contribution is 6.02. The molecule has 3 rings (SSSR count). The second-order valence-corrected chi connectivity index (χ2v) is 6.11. The quantitative estimate of drug-likeness (QED) is 0.915. The largest absolute Gasteiger partial charge is 0.348 e. The van der Waals surface area contributed by atoms with Gasteiger partial charge in [0, 0.05) is 25.2 Å². The summed E-state index contributed by atoms with van der Waals surface area (Å²) in [6, 6.07) is 20.3. The molecule has 0 aliphatic carbocycles. The molecule has 3 nitrogen and oxygen atoms in total. The van der Waals surface area contributed by atoms with Crippen LogP contribution in [-0.2, 0) is 11.3 Å². The number of rotatable bonds is 5. The van der Waals surface area contributed by atoms with E-state index in [9.17, 15) is 4.79 Å². The van der Waals surface area contributed by atoms with Gasteiger partial charge in [-0.05, 0) is 29.7 Å². The summed E-state index contributed by atoms with van der Waals surface area (Å²) in [6.07, 6.45) is 0.923. The molecule has 0 atom stereocenters. The standard InChI is InChI=1S/C21H24N2O/c1-2-23-14-13-19(18-11-7-4-8-12-18)20(16-23)21(24)22-15-17-9-5-3-6-10-17/h3-12H,2,13-16H2,1H3,(H,22,24). The molecule has 0 aromatic heterocycles. The number of hydrogen-bond acceptors (Lipinski definition) is 2. The van der Waals surface area contributed by atoms with E-state index >= 15 is 0 Å². The maximum atomic E-state index is 12.8. The van der Waals surface area contributed by atoms with Crippen LogP contribution in [0.15, 0.2) is 66.2 Å². The molecular weight excluding hydrogens is 296 g/mol. The molecule has 3 heteroatoms. The summed E-state index contributed by atoms with van der Waals surface area (Å²) in [4.78, 5) is 15.1. The van der Waals surface area contributed by atoms with Crippen LogP contribution in [0.1, 0.15) is 24.5 Å². The molecule has 0 bridgehead atoms. The van der Waals surface area contributed by atoms with Gasteiger partial charge in [0.2, 0.25) is 5.91 Å². The topological polar surface area (TPSA) is 32.3 Å². The second-order valence-electron chi connectivity index (χ2n) is 6.11. The summed E-state index contributed by atoms with van der Waals surface area (Å²) in [6.45, 7) is 5.42. The molecule has 2 aromatic carbocycles. The van der Waals surface area contributed by atoms with E-state index in [4.69, 9.17) is 0 Å². The third-order valence-electron chi connectivity index (χ3n) is 4.56. The number of carbonyl (C=O) groups excluding carboxylic acids is 1. The van der Waals surface area contributed by atoms with E-state index in [0.29, 0.717) is 6.54 Å². The molecule has 24 heavy (non-hydrogen) atoms. The first-order valence-electron chi connectivity index (χ1n) is 8.60. The number of nitrogens with zero attached hydrogens (tertiary/aromatic N) is 1. The zero-order valence-corrected chi connectivity index (χ0v) is 14.2. The van der Waals surface area contributed by atoms with Crippen LogP contribution in [-0.4, -0.2) is 30.4 Å². The number of carbonyl (C=O) groups is 1. The highest BCUT2D eigenvalue weighted by Crippen LogP contribution is 2.27. The van der Waals surface area contributed by atoms with Crippen LogP contribution in [0.2, 0.25) is 0 Å². The Labute approximate surface area is 144 Å². The molecule has 1 aliphatic heterocycles. The first-order chi connectivity index (χ1) is 11.8. The minimum absolute atomic E-state index is 0.0517. The molecule has 2 aromatic rings. The Morgan fingerprint density at radius 2 is 1.71 bits per heavy atom. The van der Waals surface area contributed by atoms with E-state index in [0.717, 1.165) is 42.8 Å². The Hall–Kier alpha value is -2.39. The predicted molar refractivity (Wildman–Crippen MR) is 98.4 cm³/mol. The summed E-state index contributed by atoms with van der Waals surface area (Å²) in [5.41, 5.74) is 4.38. The predicted octanol–water partition coefficient (Wildman–Crippen LogP) is 3.48. The van der Waals surface area contributed by atoms with Gasteiger partial charge in [0.1, 0.15) is 0 Å². The Balaban J connectivity index is 1.81. The Morgan fingerprint density at radius 1 is 1.04 bits per heavy atom. The maximum Gasteiger partial charge on any atom is 0.249 e.